The minimum absolute atomic E-state index is 0.193. The molecule has 21 heavy (non-hydrogen) atoms. The molecule has 2 N–H and O–H groups in total. The molecule has 0 bridgehead atoms. The van der Waals surface area contributed by atoms with Gasteiger partial charge in [0.05, 0.1) is 15.7 Å². The summed E-state index contributed by atoms with van der Waals surface area (Å²) in [4.78, 5) is 0. The first-order chi connectivity index (χ1) is 10.1. The molecule has 2 aromatic rings. The summed E-state index contributed by atoms with van der Waals surface area (Å²) in [6.07, 6.45) is -0.668. The molecule has 0 aliphatic rings. The van der Waals surface area contributed by atoms with E-state index in [1.165, 1.54) is 0 Å². The number of aliphatic hydroxyl groups excluding tert-OH is 1. The van der Waals surface area contributed by atoms with Gasteiger partial charge in [-0.3, -0.25) is 0 Å². The number of nitrogens with one attached hydrogen (secondary N) is 1. The Labute approximate surface area is 134 Å². The quantitative estimate of drug-likeness (QED) is 0.838. The van der Waals surface area contributed by atoms with Crippen LogP contribution >= 0.6 is 23.2 Å². The van der Waals surface area contributed by atoms with Crippen molar-refractivity contribution in [3.8, 4) is 5.75 Å². The standard InChI is InChI=1S/C16H17Cl2NO2/c1-11-5-7-13(8-6-11)21-10-12(20)9-19-16-14(17)3-2-4-15(16)18/h2-8,12,19-20H,9-10H2,1H3. The molecule has 0 saturated heterocycles. The first-order valence-electron chi connectivity index (χ1n) is 6.61. The minimum Gasteiger partial charge on any atom is -0.491 e. The fourth-order valence-electron chi connectivity index (χ4n) is 1.77. The number of ether oxygens (including phenoxy) is 1. The van der Waals surface area contributed by atoms with E-state index in [-0.39, 0.29) is 6.61 Å². The zero-order valence-electron chi connectivity index (χ0n) is 11.6. The first-order valence-corrected chi connectivity index (χ1v) is 7.37. The molecule has 0 spiro atoms. The number of aryl methyl sites for hydroxylation is 1. The highest BCUT2D eigenvalue weighted by molar-refractivity contribution is 6.39. The highest BCUT2D eigenvalue weighted by Crippen LogP contribution is 2.29. The monoisotopic (exact) mass is 325 g/mol. The summed E-state index contributed by atoms with van der Waals surface area (Å²) in [5.74, 6) is 0.732. The molecule has 0 heterocycles. The molecule has 0 aliphatic carbocycles. The molecule has 1 unspecified atom stereocenters. The van der Waals surface area contributed by atoms with Crippen molar-refractivity contribution >= 4 is 28.9 Å². The lowest BCUT2D eigenvalue weighted by Gasteiger charge is -2.15. The van der Waals surface area contributed by atoms with Gasteiger partial charge in [0.25, 0.3) is 0 Å². The van der Waals surface area contributed by atoms with Gasteiger partial charge in [-0.1, -0.05) is 47.0 Å². The van der Waals surface area contributed by atoms with Gasteiger partial charge >= 0.3 is 0 Å². The van der Waals surface area contributed by atoms with Crippen LogP contribution < -0.4 is 10.1 Å². The van der Waals surface area contributed by atoms with E-state index in [4.69, 9.17) is 27.9 Å². The molecule has 2 rings (SSSR count). The zero-order valence-corrected chi connectivity index (χ0v) is 13.2. The van der Waals surface area contributed by atoms with Crippen molar-refractivity contribution < 1.29 is 9.84 Å². The van der Waals surface area contributed by atoms with Crippen molar-refractivity contribution in [1.29, 1.82) is 0 Å². The third-order valence-electron chi connectivity index (χ3n) is 2.94. The summed E-state index contributed by atoms with van der Waals surface area (Å²) in [5, 5.41) is 14.0. The number of para-hydroxylation sites is 1. The van der Waals surface area contributed by atoms with E-state index in [1.807, 2.05) is 31.2 Å². The Morgan fingerprint density at radius 2 is 1.71 bits per heavy atom. The van der Waals surface area contributed by atoms with Gasteiger partial charge in [0, 0.05) is 6.54 Å². The van der Waals surface area contributed by atoms with Crippen LogP contribution in [0, 0.1) is 6.92 Å². The molecule has 5 heteroatoms. The van der Waals surface area contributed by atoms with Crippen molar-refractivity contribution in [3.05, 3.63) is 58.1 Å². The first kappa shape index (κ1) is 16.0. The topological polar surface area (TPSA) is 41.5 Å². The van der Waals surface area contributed by atoms with Crippen LogP contribution in [0.3, 0.4) is 0 Å². The molecular weight excluding hydrogens is 309 g/mol. The van der Waals surface area contributed by atoms with Crippen LogP contribution in [0.25, 0.3) is 0 Å². The fraction of sp³-hybridized carbons (Fsp3) is 0.250. The van der Waals surface area contributed by atoms with Gasteiger partial charge in [0.1, 0.15) is 18.5 Å². The van der Waals surface area contributed by atoms with Crippen LogP contribution in [0.4, 0.5) is 5.69 Å². The second-order valence-corrected chi connectivity index (χ2v) is 5.57. The summed E-state index contributed by atoms with van der Waals surface area (Å²) in [6.45, 7) is 2.50. The van der Waals surface area contributed by atoms with Crippen molar-refractivity contribution in [3.63, 3.8) is 0 Å². The second kappa shape index (κ2) is 7.55. The predicted octanol–water partition coefficient (Wildman–Crippen LogP) is 4.15. The normalized spacial score (nSPS) is 12.0. The number of rotatable bonds is 6. The lowest BCUT2D eigenvalue weighted by Crippen LogP contribution is -2.26. The second-order valence-electron chi connectivity index (χ2n) is 4.76. The Kier molecular flexibility index (Phi) is 5.74. The zero-order chi connectivity index (χ0) is 15.2. The summed E-state index contributed by atoms with van der Waals surface area (Å²) in [6, 6.07) is 12.9. The number of benzene rings is 2. The number of aliphatic hydroxyl groups is 1. The van der Waals surface area contributed by atoms with E-state index in [0.29, 0.717) is 22.3 Å². The summed E-state index contributed by atoms with van der Waals surface area (Å²) in [7, 11) is 0. The summed E-state index contributed by atoms with van der Waals surface area (Å²) < 4.78 is 5.52. The maximum atomic E-state index is 9.93. The molecule has 0 amide bonds. The van der Waals surface area contributed by atoms with Crippen LogP contribution in [-0.2, 0) is 0 Å². The van der Waals surface area contributed by atoms with Gasteiger partial charge in [-0.2, -0.15) is 0 Å². The van der Waals surface area contributed by atoms with Crippen LogP contribution in [0.1, 0.15) is 5.56 Å². The molecule has 2 aromatic carbocycles. The molecule has 112 valence electrons. The lowest BCUT2D eigenvalue weighted by atomic mass is 10.2. The largest absolute Gasteiger partial charge is 0.491 e. The van der Waals surface area contributed by atoms with E-state index in [2.05, 4.69) is 5.32 Å². The van der Waals surface area contributed by atoms with Gasteiger partial charge in [-0.05, 0) is 31.2 Å². The Morgan fingerprint density at radius 3 is 2.33 bits per heavy atom. The van der Waals surface area contributed by atoms with Crippen molar-refractivity contribution in [2.75, 3.05) is 18.5 Å². The van der Waals surface area contributed by atoms with Gasteiger partial charge in [0.2, 0.25) is 0 Å². The third-order valence-corrected chi connectivity index (χ3v) is 3.57. The van der Waals surface area contributed by atoms with Crippen molar-refractivity contribution in [1.82, 2.24) is 0 Å². The van der Waals surface area contributed by atoms with Crippen molar-refractivity contribution in [2.45, 2.75) is 13.0 Å². The Balaban J connectivity index is 1.82. The summed E-state index contributed by atoms with van der Waals surface area (Å²) >= 11 is 12.1. The Hall–Kier alpha value is -1.42. The van der Waals surface area contributed by atoms with Crippen LogP contribution in [-0.4, -0.2) is 24.4 Å². The maximum absolute atomic E-state index is 9.93. The minimum atomic E-state index is -0.668. The van der Waals surface area contributed by atoms with E-state index in [1.54, 1.807) is 18.2 Å². The molecule has 0 aliphatic heterocycles. The van der Waals surface area contributed by atoms with E-state index < -0.39 is 6.10 Å². The molecule has 0 aromatic heterocycles. The Bertz CT molecular complexity index is 567. The number of hydrogen-bond donors (Lipinski definition) is 2. The average molecular weight is 326 g/mol. The van der Waals surface area contributed by atoms with Gasteiger partial charge in [-0.15, -0.1) is 0 Å². The molecule has 0 radical (unpaired) electrons. The van der Waals surface area contributed by atoms with Gasteiger partial charge in [-0.25, -0.2) is 0 Å². The van der Waals surface area contributed by atoms with Crippen LogP contribution in [0.2, 0.25) is 10.0 Å². The highest BCUT2D eigenvalue weighted by atomic mass is 35.5. The van der Waals surface area contributed by atoms with E-state index in [9.17, 15) is 5.11 Å². The smallest absolute Gasteiger partial charge is 0.119 e. The van der Waals surface area contributed by atoms with Crippen molar-refractivity contribution in [2.24, 2.45) is 0 Å². The Morgan fingerprint density at radius 1 is 1.10 bits per heavy atom. The molecule has 3 nitrogen and oxygen atoms in total. The highest BCUT2D eigenvalue weighted by Gasteiger charge is 2.09. The van der Waals surface area contributed by atoms with Gasteiger partial charge < -0.3 is 15.2 Å². The third kappa shape index (κ3) is 4.81. The van der Waals surface area contributed by atoms with Gasteiger partial charge in [0.15, 0.2) is 0 Å². The number of halogens is 2. The summed E-state index contributed by atoms with van der Waals surface area (Å²) in [5.41, 5.74) is 1.79. The maximum Gasteiger partial charge on any atom is 0.119 e. The molecular formula is C16H17Cl2NO2. The van der Waals surface area contributed by atoms with Crippen LogP contribution in [0.15, 0.2) is 42.5 Å². The molecule has 1 atom stereocenters. The van der Waals surface area contributed by atoms with Crippen LogP contribution in [0.5, 0.6) is 5.75 Å². The molecule has 0 saturated carbocycles. The lowest BCUT2D eigenvalue weighted by molar-refractivity contribution is 0.117. The van der Waals surface area contributed by atoms with E-state index >= 15 is 0 Å². The predicted molar refractivity (Wildman–Crippen MR) is 87.6 cm³/mol. The number of hydrogen-bond acceptors (Lipinski definition) is 3. The fourth-order valence-corrected chi connectivity index (χ4v) is 2.30. The molecule has 0 fully saturated rings. The van der Waals surface area contributed by atoms with E-state index in [0.717, 1.165) is 11.3 Å². The average Bonchev–Trinajstić information content (AvgIpc) is 2.46. The SMILES string of the molecule is Cc1ccc(OCC(O)CNc2c(Cl)cccc2Cl)cc1. The number of anilines is 1.